The van der Waals surface area contributed by atoms with Crippen LogP contribution in [0.2, 0.25) is 0 Å². The minimum Gasteiger partial charge on any atom is -0.395 e. The van der Waals surface area contributed by atoms with Crippen LogP contribution in [-0.2, 0) is 5.75 Å². The molecule has 0 aliphatic carbocycles. The topological polar surface area (TPSA) is 58.0 Å². The molecule has 1 heterocycles. The predicted molar refractivity (Wildman–Crippen MR) is 64.2 cm³/mol. The number of rotatable bonds is 5. The zero-order chi connectivity index (χ0) is 11.3. The molecule has 1 rings (SSSR count). The van der Waals surface area contributed by atoms with Gasteiger partial charge in [0.25, 0.3) is 0 Å². The van der Waals surface area contributed by atoms with E-state index in [2.05, 4.69) is 15.3 Å². The molecule has 0 aromatic carbocycles. The van der Waals surface area contributed by atoms with E-state index in [9.17, 15) is 0 Å². The van der Waals surface area contributed by atoms with E-state index in [0.717, 1.165) is 23.1 Å². The Balaban J connectivity index is 2.64. The van der Waals surface area contributed by atoms with Crippen molar-refractivity contribution in [3.63, 3.8) is 0 Å². The second-order valence-electron chi connectivity index (χ2n) is 3.36. The first-order valence-corrected chi connectivity index (χ1v) is 5.95. The third-order valence-corrected chi connectivity index (χ3v) is 3.05. The Morgan fingerprint density at radius 1 is 1.53 bits per heavy atom. The molecule has 0 aliphatic rings. The molecule has 0 amide bonds. The van der Waals surface area contributed by atoms with Gasteiger partial charge in [-0.05, 0) is 6.92 Å². The molecular weight excluding hydrogens is 210 g/mol. The molecule has 1 atom stereocenters. The van der Waals surface area contributed by atoms with Gasteiger partial charge in [0.15, 0.2) is 0 Å². The summed E-state index contributed by atoms with van der Waals surface area (Å²) in [7, 11) is 1.84. The molecule has 0 spiro atoms. The number of aryl methyl sites for hydroxylation is 1. The third-order valence-electron chi connectivity index (χ3n) is 1.91. The van der Waals surface area contributed by atoms with Crippen molar-refractivity contribution in [2.75, 3.05) is 19.0 Å². The van der Waals surface area contributed by atoms with E-state index in [4.69, 9.17) is 5.11 Å². The van der Waals surface area contributed by atoms with Gasteiger partial charge < -0.3 is 10.4 Å². The minimum absolute atomic E-state index is 0.190. The number of hydrogen-bond acceptors (Lipinski definition) is 5. The first-order chi connectivity index (χ1) is 7.15. The van der Waals surface area contributed by atoms with E-state index < -0.39 is 0 Å². The zero-order valence-electron chi connectivity index (χ0n) is 9.32. The van der Waals surface area contributed by atoms with Gasteiger partial charge in [-0.25, -0.2) is 9.97 Å². The molecule has 2 N–H and O–H groups in total. The van der Waals surface area contributed by atoms with Crippen LogP contribution in [0.5, 0.6) is 0 Å². The summed E-state index contributed by atoms with van der Waals surface area (Å²) in [6.07, 6.45) is 0. The van der Waals surface area contributed by atoms with Crippen LogP contribution in [0.3, 0.4) is 0 Å². The monoisotopic (exact) mass is 227 g/mol. The molecule has 0 radical (unpaired) electrons. The van der Waals surface area contributed by atoms with Crippen LogP contribution in [0.25, 0.3) is 0 Å². The number of aromatic nitrogens is 2. The van der Waals surface area contributed by atoms with Crippen LogP contribution in [-0.4, -0.2) is 34.0 Å². The Labute approximate surface area is 94.5 Å². The highest BCUT2D eigenvalue weighted by molar-refractivity contribution is 7.99. The van der Waals surface area contributed by atoms with Gasteiger partial charge in [0.2, 0.25) is 0 Å². The van der Waals surface area contributed by atoms with E-state index in [1.54, 1.807) is 11.8 Å². The average Bonchev–Trinajstić information content (AvgIpc) is 2.25. The van der Waals surface area contributed by atoms with Crippen molar-refractivity contribution >= 4 is 17.6 Å². The van der Waals surface area contributed by atoms with Gasteiger partial charge in [0.05, 0.1) is 12.4 Å². The maximum Gasteiger partial charge on any atom is 0.140 e. The lowest BCUT2D eigenvalue weighted by atomic mass is 10.4. The van der Waals surface area contributed by atoms with Crippen LogP contribution in [0.15, 0.2) is 6.07 Å². The fraction of sp³-hybridized carbons (Fsp3) is 0.600. The van der Waals surface area contributed by atoms with E-state index in [-0.39, 0.29) is 11.9 Å². The zero-order valence-corrected chi connectivity index (χ0v) is 10.1. The largest absolute Gasteiger partial charge is 0.395 e. The van der Waals surface area contributed by atoms with Crippen molar-refractivity contribution in [2.24, 2.45) is 0 Å². The Bertz CT molecular complexity index is 320. The lowest BCUT2D eigenvalue weighted by Gasteiger charge is -2.08. The summed E-state index contributed by atoms with van der Waals surface area (Å²) in [6.45, 7) is 4.13. The number of thioether (sulfide) groups is 1. The fourth-order valence-electron chi connectivity index (χ4n) is 1.09. The van der Waals surface area contributed by atoms with Gasteiger partial charge in [0.1, 0.15) is 11.6 Å². The van der Waals surface area contributed by atoms with Crippen LogP contribution in [0.4, 0.5) is 5.82 Å². The summed E-state index contributed by atoms with van der Waals surface area (Å²) in [5.41, 5.74) is 0.960. The molecule has 0 saturated carbocycles. The summed E-state index contributed by atoms with van der Waals surface area (Å²) in [5, 5.41) is 12.1. The summed E-state index contributed by atoms with van der Waals surface area (Å²) in [5.74, 6) is 2.39. The fourth-order valence-corrected chi connectivity index (χ4v) is 1.76. The van der Waals surface area contributed by atoms with Gasteiger partial charge in [-0.1, -0.05) is 6.92 Å². The maximum absolute atomic E-state index is 8.89. The molecule has 1 aromatic heterocycles. The lowest BCUT2D eigenvalue weighted by molar-refractivity contribution is 0.300. The van der Waals surface area contributed by atoms with Crippen LogP contribution in [0.1, 0.15) is 18.4 Å². The Morgan fingerprint density at radius 2 is 2.27 bits per heavy atom. The van der Waals surface area contributed by atoms with Gasteiger partial charge in [-0.3, -0.25) is 0 Å². The molecule has 0 saturated heterocycles. The summed E-state index contributed by atoms with van der Waals surface area (Å²) in [6, 6.07) is 1.91. The molecule has 0 bridgehead atoms. The molecule has 84 valence electrons. The quantitative estimate of drug-likeness (QED) is 0.797. The van der Waals surface area contributed by atoms with Crippen molar-refractivity contribution in [2.45, 2.75) is 24.9 Å². The summed E-state index contributed by atoms with van der Waals surface area (Å²) in [4.78, 5) is 8.67. The van der Waals surface area contributed by atoms with E-state index in [1.165, 1.54) is 0 Å². The Morgan fingerprint density at radius 3 is 2.87 bits per heavy atom. The SMILES string of the molecule is CNc1cc(C)nc(CSC(C)CO)n1. The minimum atomic E-state index is 0.190. The number of nitrogens with one attached hydrogen (secondary N) is 1. The molecule has 0 aliphatic heterocycles. The number of hydrogen-bond donors (Lipinski definition) is 2. The summed E-state index contributed by atoms with van der Waals surface area (Å²) >= 11 is 1.65. The van der Waals surface area contributed by atoms with Crippen LogP contribution < -0.4 is 5.32 Å². The highest BCUT2D eigenvalue weighted by Gasteiger charge is 2.05. The molecule has 1 aromatic rings. The van der Waals surface area contributed by atoms with Crippen LogP contribution >= 0.6 is 11.8 Å². The lowest BCUT2D eigenvalue weighted by Crippen LogP contribution is -2.05. The Kier molecular flexibility index (Phi) is 4.84. The van der Waals surface area contributed by atoms with Crippen molar-refractivity contribution in [3.8, 4) is 0 Å². The first-order valence-electron chi connectivity index (χ1n) is 4.90. The molecular formula is C10H17N3OS. The number of aliphatic hydroxyl groups excluding tert-OH is 1. The number of aliphatic hydroxyl groups is 1. The highest BCUT2D eigenvalue weighted by Crippen LogP contribution is 2.16. The van der Waals surface area contributed by atoms with Gasteiger partial charge in [-0.2, -0.15) is 0 Å². The number of nitrogens with zero attached hydrogens (tertiary/aromatic N) is 2. The van der Waals surface area contributed by atoms with Crippen molar-refractivity contribution < 1.29 is 5.11 Å². The third kappa shape index (κ3) is 4.05. The van der Waals surface area contributed by atoms with Crippen LogP contribution in [0, 0.1) is 6.92 Å². The second kappa shape index (κ2) is 5.92. The molecule has 5 heteroatoms. The first kappa shape index (κ1) is 12.3. The van der Waals surface area contributed by atoms with Crippen molar-refractivity contribution in [1.29, 1.82) is 0 Å². The Hall–Kier alpha value is -0.810. The molecule has 15 heavy (non-hydrogen) atoms. The van der Waals surface area contributed by atoms with Gasteiger partial charge >= 0.3 is 0 Å². The van der Waals surface area contributed by atoms with Gasteiger partial charge in [-0.15, -0.1) is 11.8 Å². The summed E-state index contributed by atoms with van der Waals surface area (Å²) < 4.78 is 0. The highest BCUT2D eigenvalue weighted by atomic mass is 32.2. The second-order valence-corrected chi connectivity index (χ2v) is 4.79. The molecule has 0 fully saturated rings. The van der Waals surface area contributed by atoms with Crippen molar-refractivity contribution in [3.05, 3.63) is 17.6 Å². The predicted octanol–water partition coefficient (Wildman–Crippen LogP) is 1.44. The number of anilines is 1. The van der Waals surface area contributed by atoms with E-state index in [1.807, 2.05) is 27.0 Å². The van der Waals surface area contributed by atoms with E-state index in [0.29, 0.717) is 0 Å². The maximum atomic E-state index is 8.89. The smallest absolute Gasteiger partial charge is 0.140 e. The van der Waals surface area contributed by atoms with Gasteiger partial charge in [0, 0.05) is 24.1 Å². The van der Waals surface area contributed by atoms with Crippen molar-refractivity contribution in [1.82, 2.24) is 9.97 Å². The van der Waals surface area contributed by atoms with E-state index >= 15 is 0 Å². The standard InChI is InChI=1S/C10H17N3OS/c1-7-4-9(11-3)13-10(12-7)6-15-8(2)5-14/h4,8,14H,5-6H2,1-3H3,(H,11,12,13). The normalized spacial score (nSPS) is 12.5. The molecule has 4 nitrogen and oxygen atoms in total. The average molecular weight is 227 g/mol. The molecule has 1 unspecified atom stereocenters.